The number of urea groups is 1. The third-order valence-corrected chi connectivity index (χ3v) is 5.02. The monoisotopic (exact) mass is 370 g/mol. The summed E-state index contributed by atoms with van der Waals surface area (Å²) in [6.45, 7) is 3.13. The second-order valence-electron chi connectivity index (χ2n) is 7.06. The van der Waals surface area contributed by atoms with Gasteiger partial charge in [-0.25, -0.2) is 4.79 Å². The number of aromatic nitrogens is 2. The average molecular weight is 370 g/mol. The fourth-order valence-corrected chi connectivity index (χ4v) is 3.60. The Morgan fingerprint density at radius 1 is 1.15 bits per heavy atom. The van der Waals surface area contributed by atoms with Crippen molar-refractivity contribution in [3.8, 4) is 0 Å². The van der Waals surface area contributed by atoms with E-state index in [0.29, 0.717) is 19.7 Å². The van der Waals surface area contributed by atoms with Crippen LogP contribution in [0.1, 0.15) is 35.8 Å². The van der Waals surface area contributed by atoms with Crippen LogP contribution in [-0.2, 0) is 22.4 Å². The molecule has 2 aliphatic heterocycles. The van der Waals surface area contributed by atoms with Crippen LogP contribution in [0.5, 0.6) is 0 Å². The summed E-state index contributed by atoms with van der Waals surface area (Å²) in [6.07, 6.45) is 4.95. The summed E-state index contributed by atoms with van der Waals surface area (Å²) in [6, 6.07) is 10.1. The number of nitrogens with one attached hydrogen (secondary N) is 2. The predicted octanol–water partition coefficient (Wildman–Crippen LogP) is 2.02. The van der Waals surface area contributed by atoms with Crippen LogP contribution in [0.2, 0.25) is 0 Å². The predicted molar refractivity (Wildman–Crippen MR) is 101 cm³/mol. The van der Waals surface area contributed by atoms with Crippen molar-refractivity contribution < 1.29 is 14.3 Å². The van der Waals surface area contributed by atoms with Gasteiger partial charge in [0, 0.05) is 19.3 Å². The van der Waals surface area contributed by atoms with E-state index in [9.17, 15) is 4.79 Å². The van der Waals surface area contributed by atoms with Crippen LogP contribution in [0.15, 0.2) is 36.5 Å². The highest BCUT2D eigenvalue weighted by atomic mass is 16.5. The normalized spacial score (nSPS) is 21.6. The van der Waals surface area contributed by atoms with E-state index in [1.54, 1.807) is 0 Å². The quantitative estimate of drug-likeness (QED) is 0.816. The number of benzene rings is 1. The van der Waals surface area contributed by atoms with Gasteiger partial charge in [0.1, 0.15) is 6.10 Å². The molecular formula is C20H26N4O3. The lowest BCUT2D eigenvalue weighted by molar-refractivity contribution is 0.0410. The van der Waals surface area contributed by atoms with Crippen molar-refractivity contribution in [1.29, 1.82) is 0 Å². The van der Waals surface area contributed by atoms with Crippen LogP contribution in [0.25, 0.3) is 0 Å². The summed E-state index contributed by atoms with van der Waals surface area (Å²) in [7, 11) is 0. The van der Waals surface area contributed by atoms with Gasteiger partial charge < -0.3 is 20.1 Å². The topological polar surface area (TPSA) is 77.4 Å². The SMILES string of the molecule is O=C(NC[C@H]1CCCO1)NC[C@H]1OCCc2cn(Cc3ccccc3)nc21. The zero-order valence-electron chi connectivity index (χ0n) is 15.4. The number of ether oxygens (including phenoxy) is 2. The number of carbonyl (C=O) groups is 1. The molecule has 7 nitrogen and oxygen atoms in total. The number of amides is 2. The number of rotatable bonds is 6. The first-order valence-electron chi connectivity index (χ1n) is 9.63. The molecule has 2 atom stereocenters. The van der Waals surface area contributed by atoms with E-state index in [2.05, 4.69) is 29.0 Å². The van der Waals surface area contributed by atoms with Crippen molar-refractivity contribution in [3.63, 3.8) is 0 Å². The van der Waals surface area contributed by atoms with E-state index in [4.69, 9.17) is 14.6 Å². The van der Waals surface area contributed by atoms with Gasteiger partial charge in [0.2, 0.25) is 0 Å². The minimum Gasteiger partial charge on any atom is -0.376 e. The van der Waals surface area contributed by atoms with Gasteiger partial charge in [-0.1, -0.05) is 30.3 Å². The molecule has 144 valence electrons. The Morgan fingerprint density at radius 2 is 2.00 bits per heavy atom. The largest absolute Gasteiger partial charge is 0.376 e. The number of fused-ring (bicyclic) bond motifs is 1. The van der Waals surface area contributed by atoms with Crippen molar-refractivity contribution in [1.82, 2.24) is 20.4 Å². The van der Waals surface area contributed by atoms with Crippen LogP contribution in [0.4, 0.5) is 4.79 Å². The van der Waals surface area contributed by atoms with Crippen LogP contribution in [0.3, 0.4) is 0 Å². The fourth-order valence-electron chi connectivity index (χ4n) is 3.60. The number of nitrogens with zero attached hydrogens (tertiary/aromatic N) is 2. The lowest BCUT2D eigenvalue weighted by Gasteiger charge is -2.22. The lowest BCUT2D eigenvalue weighted by atomic mass is 10.1. The Hall–Kier alpha value is -2.38. The molecule has 1 aromatic heterocycles. The van der Waals surface area contributed by atoms with Gasteiger partial charge >= 0.3 is 6.03 Å². The Kier molecular flexibility index (Phi) is 5.69. The average Bonchev–Trinajstić information content (AvgIpc) is 3.35. The number of carbonyl (C=O) groups excluding carboxylic acids is 1. The van der Waals surface area contributed by atoms with E-state index < -0.39 is 0 Å². The molecule has 0 radical (unpaired) electrons. The molecule has 27 heavy (non-hydrogen) atoms. The van der Waals surface area contributed by atoms with Crippen molar-refractivity contribution in [2.75, 3.05) is 26.3 Å². The van der Waals surface area contributed by atoms with Crippen LogP contribution in [-0.4, -0.2) is 48.2 Å². The zero-order chi connectivity index (χ0) is 18.5. The zero-order valence-corrected chi connectivity index (χ0v) is 15.4. The van der Waals surface area contributed by atoms with Crippen LogP contribution in [0, 0.1) is 0 Å². The molecule has 2 N–H and O–H groups in total. The highest BCUT2D eigenvalue weighted by Crippen LogP contribution is 2.25. The van der Waals surface area contributed by atoms with Gasteiger partial charge in [0.15, 0.2) is 0 Å². The minimum atomic E-state index is -0.209. The van der Waals surface area contributed by atoms with Gasteiger partial charge in [-0.15, -0.1) is 0 Å². The molecule has 1 aromatic carbocycles. The molecule has 0 saturated carbocycles. The molecule has 2 aromatic rings. The molecule has 4 rings (SSSR count). The molecule has 0 aliphatic carbocycles. The molecular weight excluding hydrogens is 344 g/mol. The number of hydrogen-bond acceptors (Lipinski definition) is 4. The van der Waals surface area contributed by atoms with Gasteiger partial charge in [0.25, 0.3) is 0 Å². The van der Waals surface area contributed by atoms with E-state index in [-0.39, 0.29) is 18.2 Å². The van der Waals surface area contributed by atoms with Crippen LogP contribution < -0.4 is 10.6 Å². The first-order valence-corrected chi connectivity index (χ1v) is 9.63. The molecule has 2 aliphatic rings. The van der Waals surface area contributed by atoms with E-state index in [1.165, 1.54) is 11.1 Å². The first-order chi connectivity index (χ1) is 13.3. The minimum absolute atomic E-state index is 0.141. The third-order valence-electron chi connectivity index (χ3n) is 5.02. The molecule has 3 heterocycles. The maximum absolute atomic E-state index is 12.0. The van der Waals surface area contributed by atoms with E-state index >= 15 is 0 Å². The van der Waals surface area contributed by atoms with Crippen molar-refractivity contribution in [2.24, 2.45) is 0 Å². The smallest absolute Gasteiger partial charge is 0.314 e. The fraction of sp³-hybridized carbons (Fsp3) is 0.500. The molecule has 0 unspecified atom stereocenters. The summed E-state index contributed by atoms with van der Waals surface area (Å²) < 4.78 is 13.3. The summed E-state index contributed by atoms with van der Waals surface area (Å²) >= 11 is 0. The Bertz CT molecular complexity index is 756. The van der Waals surface area contributed by atoms with E-state index in [0.717, 1.165) is 38.1 Å². The van der Waals surface area contributed by atoms with Gasteiger partial charge in [-0.2, -0.15) is 5.10 Å². The molecule has 2 amide bonds. The Labute approximate surface area is 159 Å². The highest BCUT2D eigenvalue weighted by Gasteiger charge is 2.25. The summed E-state index contributed by atoms with van der Waals surface area (Å²) in [5.41, 5.74) is 3.34. The summed E-state index contributed by atoms with van der Waals surface area (Å²) in [5.74, 6) is 0. The molecule has 0 bridgehead atoms. The summed E-state index contributed by atoms with van der Waals surface area (Å²) in [5, 5.41) is 10.5. The number of hydrogen-bond donors (Lipinski definition) is 2. The van der Waals surface area contributed by atoms with Gasteiger partial charge in [0.05, 0.1) is 31.5 Å². The maximum Gasteiger partial charge on any atom is 0.314 e. The second-order valence-corrected chi connectivity index (χ2v) is 7.06. The molecule has 7 heteroatoms. The Morgan fingerprint density at radius 3 is 2.81 bits per heavy atom. The summed E-state index contributed by atoms with van der Waals surface area (Å²) in [4.78, 5) is 12.0. The second kappa shape index (κ2) is 8.54. The Balaban J connectivity index is 1.31. The highest BCUT2D eigenvalue weighted by molar-refractivity contribution is 5.73. The van der Waals surface area contributed by atoms with Crippen molar-refractivity contribution in [2.45, 2.75) is 38.0 Å². The van der Waals surface area contributed by atoms with Crippen LogP contribution >= 0.6 is 0 Å². The molecule has 0 spiro atoms. The van der Waals surface area contributed by atoms with Gasteiger partial charge in [-0.3, -0.25) is 4.68 Å². The molecule has 1 saturated heterocycles. The standard InChI is InChI=1S/C20H26N4O3/c25-20(21-11-17-7-4-9-26-17)22-12-18-19-16(8-10-27-18)14-24(23-19)13-15-5-2-1-3-6-15/h1-3,5-6,14,17-18H,4,7-13H2,(H2,21,22,25)/t17-,18-/m1/s1. The van der Waals surface area contributed by atoms with Gasteiger partial charge in [-0.05, 0) is 30.4 Å². The van der Waals surface area contributed by atoms with Crippen molar-refractivity contribution in [3.05, 3.63) is 53.3 Å². The third kappa shape index (κ3) is 4.67. The first kappa shape index (κ1) is 18.0. The van der Waals surface area contributed by atoms with E-state index in [1.807, 2.05) is 22.9 Å². The maximum atomic E-state index is 12.0. The molecule has 1 fully saturated rings. The van der Waals surface area contributed by atoms with Crippen molar-refractivity contribution >= 4 is 6.03 Å². The lowest BCUT2D eigenvalue weighted by Crippen LogP contribution is -2.42.